The number of unbranched alkanes of at least 4 members (excludes halogenated alkanes) is 1. The largest absolute Gasteiger partial charge is 0.497 e. The molecule has 2 rings (SSSR count). The minimum absolute atomic E-state index is 0.683. The maximum Gasteiger partial charge on any atom is 0.118 e. The van der Waals surface area contributed by atoms with Gasteiger partial charge in [0.1, 0.15) is 17.1 Å². The molecule has 0 bridgehead atoms. The Hall–Kier alpha value is -2.00. The minimum atomic E-state index is -0.992. The Kier molecular flexibility index (Phi) is 5.45. The Balaban J connectivity index is 2.40. The van der Waals surface area contributed by atoms with Gasteiger partial charge in [0.05, 0.1) is 14.2 Å². The third-order valence-corrected chi connectivity index (χ3v) is 4.03. The van der Waals surface area contributed by atoms with Crippen LogP contribution in [0.5, 0.6) is 11.5 Å². The monoisotopic (exact) mass is 300 g/mol. The van der Waals surface area contributed by atoms with E-state index in [0.717, 1.165) is 35.5 Å². The van der Waals surface area contributed by atoms with Crippen LogP contribution in [0.4, 0.5) is 0 Å². The molecule has 3 nitrogen and oxygen atoms in total. The minimum Gasteiger partial charge on any atom is -0.497 e. The fourth-order valence-corrected chi connectivity index (χ4v) is 2.62. The summed E-state index contributed by atoms with van der Waals surface area (Å²) in [5, 5.41) is 11.3. The van der Waals surface area contributed by atoms with Gasteiger partial charge in [0.25, 0.3) is 0 Å². The van der Waals surface area contributed by atoms with Crippen LogP contribution in [-0.2, 0) is 5.60 Å². The lowest BCUT2D eigenvalue weighted by atomic mass is 9.82. The van der Waals surface area contributed by atoms with Gasteiger partial charge in [-0.25, -0.2) is 0 Å². The van der Waals surface area contributed by atoms with E-state index in [1.165, 1.54) is 0 Å². The molecule has 3 heteroatoms. The highest BCUT2D eigenvalue weighted by Crippen LogP contribution is 2.36. The molecule has 0 saturated carbocycles. The smallest absolute Gasteiger partial charge is 0.118 e. The number of ether oxygens (including phenoxy) is 2. The molecular weight excluding hydrogens is 276 g/mol. The maximum absolute atomic E-state index is 11.3. The summed E-state index contributed by atoms with van der Waals surface area (Å²) in [4.78, 5) is 0. The molecule has 2 aromatic carbocycles. The van der Waals surface area contributed by atoms with Gasteiger partial charge in [0, 0.05) is 0 Å². The number of hydrogen-bond donors (Lipinski definition) is 1. The molecule has 2 aromatic rings. The predicted octanol–water partition coefficient (Wildman–Crippen LogP) is 4.13. The standard InChI is InChI=1S/C19H24O3/c1-4-5-14-19(20,15-6-10-17(21-2)11-7-15)16-8-12-18(22-3)13-9-16/h6-13,20H,4-5,14H2,1-3H3. The lowest BCUT2D eigenvalue weighted by Gasteiger charge is -2.29. The highest BCUT2D eigenvalue weighted by molar-refractivity contribution is 5.40. The second kappa shape index (κ2) is 7.32. The zero-order valence-electron chi connectivity index (χ0n) is 13.5. The van der Waals surface area contributed by atoms with Crippen molar-refractivity contribution in [1.29, 1.82) is 0 Å². The van der Waals surface area contributed by atoms with Crippen LogP contribution in [0.1, 0.15) is 37.3 Å². The molecule has 0 atom stereocenters. The van der Waals surface area contributed by atoms with Crippen LogP contribution in [0.15, 0.2) is 48.5 Å². The third kappa shape index (κ3) is 3.42. The molecule has 0 radical (unpaired) electrons. The molecule has 1 N–H and O–H groups in total. The predicted molar refractivity (Wildman–Crippen MR) is 88.5 cm³/mol. The molecule has 0 heterocycles. The van der Waals surface area contributed by atoms with Crippen LogP contribution in [-0.4, -0.2) is 19.3 Å². The van der Waals surface area contributed by atoms with Crippen molar-refractivity contribution in [2.24, 2.45) is 0 Å². The summed E-state index contributed by atoms with van der Waals surface area (Å²) >= 11 is 0. The Morgan fingerprint density at radius 1 is 0.818 bits per heavy atom. The van der Waals surface area contributed by atoms with Gasteiger partial charge in [-0.3, -0.25) is 0 Å². The van der Waals surface area contributed by atoms with Crippen LogP contribution < -0.4 is 9.47 Å². The lowest BCUT2D eigenvalue weighted by molar-refractivity contribution is 0.0684. The Labute approximate surface area is 132 Å². The summed E-state index contributed by atoms with van der Waals surface area (Å²) in [5.74, 6) is 1.58. The summed E-state index contributed by atoms with van der Waals surface area (Å²) in [7, 11) is 3.28. The normalized spacial score (nSPS) is 11.3. The van der Waals surface area contributed by atoms with Gasteiger partial charge in [-0.15, -0.1) is 0 Å². The maximum atomic E-state index is 11.3. The molecule has 118 valence electrons. The highest BCUT2D eigenvalue weighted by atomic mass is 16.5. The molecule has 0 spiro atoms. The molecule has 0 fully saturated rings. The molecule has 0 aliphatic rings. The van der Waals surface area contributed by atoms with Gasteiger partial charge >= 0.3 is 0 Å². The van der Waals surface area contributed by atoms with Gasteiger partial charge in [-0.05, 0) is 41.8 Å². The SMILES string of the molecule is CCCCC(O)(c1ccc(OC)cc1)c1ccc(OC)cc1. The average Bonchev–Trinajstić information content (AvgIpc) is 2.59. The van der Waals surface area contributed by atoms with Crippen molar-refractivity contribution in [3.63, 3.8) is 0 Å². The fraction of sp³-hybridized carbons (Fsp3) is 0.368. The molecule has 0 amide bonds. The second-order valence-corrected chi connectivity index (χ2v) is 5.42. The van der Waals surface area contributed by atoms with Crippen molar-refractivity contribution in [2.75, 3.05) is 14.2 Å². The van der Waals surface area contributed by atoms with Crippen molar-refractivity contribution in [2.45, 2.75) is 31.8 Å². The topological polar surface area (TPSA) is 38.7 Å². The molecule has 0 saturated heterocycles. The van der Waals surface area contributed by atoms with Crippen molar-refractivity contribution in [3.8, 4) is 11.5 Å². The van der Waals surface area contributed by atoms with Crippen LogP contribution >= 0.6 is 0 Å². The van der Waals surface area contributed by atoms with Crippen LogP contribution in [0, 0.1) is 0 Å². The summed E-state index contributed by atoms with van der Waals surface area (Å²) in [6, 6.07) is 15.3. The molecule has 0 unspecified atom stereocenters. The van der Waals surface area contributed by atoms with Gasteiger partial charge in [-0.2, -0.15) is 0 Å². The quantitative estimate of drug-likeness (QED) is 0.835. The van der Waals surface area contributed by atoms with Gasteiger partial charge in [0.2, 0.25) is 0 Å². The first kappa shape index (κ1) is 16.4. The highest BCUT2D eigenvalue weighted by Gasteiger charge is 2.30. The molecule has 0 aliphatic heterocycles. The Bertz CT molecular complexity index is 525. The van der Waals surface area contributed by atoms with E-state index in [1.807, 2.05) is 48.5 Å². The fourth-order valence-electron chi connectivity index (χ4n) is 2.62. The van der Waals surface area contributed by atoms with E-state index in [9.17, 15) is 5.11 Å². The van der Waals surface area contributed by atoms with E-state index in [4.69, 9.17) is 9.47 Å². The molecule has 22 heavy (non-hydrogen) atoms. The Morgan fingerprint density at radius 2 is 1.23 bits per heavy atom. The van der Waals surface area contributed by atoms with Crippen molar-refractivity contribution >= 4 is 0 Å². The molecule has 0 aliphatic carbocycles. The van der Waals surface area contributed by atoms with Gasteiger partial charge < -0.3 is 14.6 Å². The number of rotatable bonds is 7. The van der Waals surface area contributed by atoms with Crippen LogP contribution in [0.3, 0.4) is 0 Å². The van der Waals surface area contributed by atoms with E-state index in [-0.39, 0.29) is 0 Å². The van der Waals surface area contributed by atoms with E-state index in [1.54, 1.807) is 14.2 Å². The molecular formula is C19H24O3. The molecule has 0 aromatic heterocycles. The van der Waals surface area contributed by atoms with Gasteiger partial charge in [-0.1, -0.05) is 44.0 Å². The zero-order chi connectivity index (χ0) is 16.0. The average molecular weight is 300 g/mol. The number of benzene rings is 2. The summed E-state index contributed by atoms with van der Waals surface area (Å²) in [6.07, 6.45) is 2.67. The first-order valence-electron chi connectivity index (χ1n) is 7.65. The van der Waals surface area contributed by atoms with Crippen LogP contribution in [0.25, 0.3) is 0 Å². The van der Waals surface area contributed by atoms with E-state index in [2.05, 4.69) is 6.92 Å². The summed E-state index contributed by atoms with van der Waals surface area (Å²) in [5.41, 5.74) is 0.771. The van der Waals surface area contributed by atoms with Crippen molar-refractivity contribution in [1.82, 2.24) is 0 Å². The van der Waals surface area contributed by atoms with Gasteiger partial charge in [0.15, 0.2) is 0 Å². The second-order valence-electron chi connectivity index (χ2n) is 5.42. The van der Waals surface area contributed by atoms with E-state index in [0.29, 0.717) is 6.42 Å². The number of hydrogen-bond acceptors (Lipinski definition) is 3. The van der Waals surface area contributed by atoms with Crippen molar-refractivity contribution in [3.05, 3.63) is 59.7 Å². The third-order valence-electron chi connectivity index (χ3n) is 4.03. The zero-order valence-corrected chi connectivity index (χ0v) is 13.5. The Morgan fingerprint density at radius 3 is 1.55 bits per heavy atom. The number of aliphatic hydroxyl groups is 1. The van der Waals surface area contributed by atoms with Crippen LogP contribution in [0.2, 0.25) is 0 Å². The summed E-state index contributed by atoms with van der Waals surface area (Å²) < 4.78 is 10.4. The first-order valence-corrected chi connectivity index (χ1v) is 7.65. The van der Waals surface area contributed by atoms with E-state index < -0.39 is 5.60 Å². The van der Waals surface area contributed by atoms with Crippen molar-refractivity contribution < 1.29 is 14.6 Å². The first-order chi connectivity index (χ1) is 10.6. The van der Waals surface area contributed by atoms with E-state index >= 15 is 0 Å². The summed E-state index contributed by atoms with van der Waals surface area (Å²) in [6.45, 7) is 2.13. The lowest BCUT2D eigenvalue weighted by Crippen LogP contribution is -2.27. The number of methoxy groups -OCH3 is 2.